The van der Waals surface area contributed by atoms with Gasteiger partial charge in [0.15, 0.2) is 0 Å². The van der Waals surface area contributed by atoms with E-state index in [0.717, 1.165) is 5.56 Å². The normalized spacial score (nSPS) is 10.6. The van der Waals surface area contributed by atoms with Crippen LogP contribution >= 0.6 is 11.6 Å². The maximum absolute atomic E-state index is 11.5. The largest absolute Gasteiger partial charge is 0.445 e. The molecule has 0 unspecified atom stereocenters. The van der Waals surface area contributed by atoms with E-state index >= 15 is 0 Å². The summed E-state index contributed by atoms with van der Waals surface area (Å²) in [4.78, 5) is 19.2. The van der Waals surface area contributed by atoms with Crippen LogP contribution in [0.1, 0.15) is 11.1 Å². The van der Waals surface area contributed by atoms with Crippen LogP contribution in [0.3, 0.4) is 0 Å². The van der Waals surface area contributed by atoms with Gasteiger partial charge in [-0.25, -0.2) is 14.8 Å². The third kappa shape index (κ3) is 5.06. The Hall–Kier alpha value is -2.60. The number of hydrogen-bond donors (Lipinski definition) is 2. The summed E-state index contributed by atoms with van der Waals surface area (Å²) in [5.41, 5.74) is 7.24. The number of aromatic nitrogens is 2. The van der Waals surface area contributed by atoms with Gasteiger partial charge in [0.25, 0.3) is 0 Å². The number of anilines is 1. The highest BCUT2D eigenvalue weighted by Gasteiger charge is 2.01. The Morgan fingerprint density at radius 2 is 2.14 bits per heavy atom. The van der Waals surface area contributed by atoms with Gasteiger partial charge in [-0.2, -0.15) is 0 Å². The summed E-state index contributed by atoms with van der Waals surface area (Å²) in [7, 11) is 0. The fraction of sp³-hybridized carbons (Fsp3) is 0.133. The number of nitrogen functional groups attached to an aromatic ring is 1. The van der Waals surface area contributed by atoms with Crippen LogP contribution in [0.2, 0.25) is 5.28 Å². The molecule has 7 heteroatoms. The first kappa shape index (κ1) is 15.8. The number of ether oxygens (including phenoxy) is 1. The van der Waals surface area contributed by atoms with Gasteiger partial charge >= 0.3 is 6.09 Å². The van der Waals surface area contributed by atoms with Crippen LogP contribution in [-0.2, 0) is 11.3 Å². The minimum atomic E-state index is -0.492. The van der Waals surface area contributed by atoms with E-state index in [0.29, 0.717) is 12.1 Å². The van der Waals surface area contributed by atoms with E-state index in [1.54, 1.807) is 12.2 Å². The number of nitrogens with zero attached hydrogens (tertiary/aromatic N) is 2. The van der Waals surface area contributed by atoms with Gasteiger partial charge in [-0.1, -0.05) is 42.5 Å². The lowest BCUT2D eigenvalue weighted by molar-refractivity contribution is 0.141. The second-order valence-corrected chi connectivity index (χ2v) is 4.66. The predicted molar refractivity (Wildman–Crippen MR) is 85.1 cm³/mol. The maximum Gasteiger partial charge on any atom is 0.407 e. The molecule has 0 aliphatic rings. The number of carbonyl (C=O) groups is 1. The molecule has 1 aromatic carbocycles. The minimum absolute atomic E-state index is 0.0947. The molecule has 0 aliphatic carbocycles. The number of halogens is 1. The first-order chi connectivity index (χ1) is 10.6. The monoisotopic (exact) mass is 318 g/mol. The molecule has 0 aliphatic heterocycles. The third-order valence-electron chi connectivity index (χ3n) is 2.69. The van der Waals surface area contributed by atoms with Crippen molar-refractivity contribution in [2.24, 2.45) is 0 Å². The van der Waals surface area contributed by atoms with Crippen LogP contribution in [0, 0.1) is 0 Å². The fourth-order valence-electron chi connectivity index (χ4n) is 1.61. The van der Waals surface area contributed by atoms with Crippen molar-refractivity contribution in [1.29, 1.82) is 0 Å². The second kappa shape index (κ2) is 7.99. The van der Waals surface area contributed by atoms with E-state index in [4.69, 9.17) is 22.1 Å². The lowest BCUT2D eigenvalue weighted by atomic mass is 10.2. The highest BCUT2D eigenvalue weighted by molar-refractivity contribution is 6.28. The Balaban J connectivity index is 1.73. The van der Waals surface area contributed by atoms with Gasteiger partial charge < -0.3 is 15.8 Å². The molecule has 0 saturated carbocycles. The van der Waals surface area contributed by atoms with Crippen molar-refractivity contribution < 1.29 is 9.53 Å². The van der Waals surface area contributed by atoms with Gasteiger partial charge in [-0.15, -0.1) is 0 Å². The van der Waals surface area contributed by atoms with Crippen molar-refractivity contribution in [3.8, 4) is 0 Å². The average Bonchev–Trinajstić information content (AvgIpc) is 2.52. The molecule has 0 radical (unpaired) electrons. The molecular weight excluding hydrogens is 304 g/mol. The lowest BCUT2D eigenvalue weighted by Gasteiger charge is -2.05. The van der Waals surface area contributed by atoms with E-state index in [1.807, 2.05) is 30.3 Å². The first-order valence-corrected chi connectivity index (χ1v) is 6.92. The molecule has 0 spiro atoms. The number of benzene rings is 1. The van der Waals surface area contributed by atoms with Gasteiger partial charge in [0.05, 0.1) is 0 Å². The van der Waals surface area contributed by atoms with Crippen molar-refractivity contribution >= 4 is 29.6 Å². The zero-order chi connectivity index (χ0) is 15.8. The van der Waals surface area contributed by atoms with Crippen LogP contribution < -0.4 is 11.1 Å². The quantitative estimate of drug-likeness (QED) is 0.827. The summed E-state index contributed by atoms with van der Waals surface area (Å²) >= 11 is 5.61. The van der Waals surface area contributed by atoms with Crippen LogP contribution in [0.15, 0.2) is 42.6 Å². The highest BCUT2D eigenvalue weighted by Crippen LogP contribution is 2.11. The summed E-state index contributed by atoms with van der Waals surface area (Å²) in [6.07, 6.45) is 4.43. The molecule has 2 rings (SSSR count). The molecule has 2 aromatic rings. The van der Waals surface area contributed by atoms with Gasteiger partial charge in [0.2, 0.25) is 5.28 Å². The van der Waals surface area contributed by atoms with Gasteiger partial charge in [0, 0.05) is 18.3 Å². The highest BCUT2D eigenvalue weighted by atomic mass is 35.5. The van der Waals surface area contributed by atoms with Gasteiger partial charge in [-0.3, -0.25) is 0 Å². The summed E-state index contributed by atoms with van der Waals surface area (Å²) < 4.78 is 5.07. The lowest BCUT2D eigenvalue weighted by Crippen LogP contribution is -2.24. The molecule has 114 valence electrons. The number of carbonyl (C=O) groups excluding carboxylic acids is 1. The maximum atomic E-state index is 11.5. The van der Waals surface area contributed by atoms with Crippen molar-refractivity contribution in [3.05, 3.63) is 59.0 Å². The Morgan fingerprint density at radius 1 is 1.36 bits per heavy atom. The van der Waals surface area contributed by atoms with E-state index in [1.165, 1.54) is 6.20 Å². The second-order valence-electron chi connectivity index (χ2n) is 4.32. The standard InChI is InChI=1S/C15H15ClN4O2/c16-14-19-9-12(13(17)20-14)7-4-8-18-15(21)22-10-11-5-2-1-3-6-11/h1-7,9H,8,10H2,(H,18,21)(H2,17,19,20). The minimum Gasteiger partial charge on any atom is -0.445 e. The predicted octanol–water partition coefficient (Wildman–Crippen LogP) is 2.65. The number of nitrogens with two attached hydrogens (primary N) is 1. The molecule has 0 bridgehead atoms. The molecule has 1 aromatic heterocycles. The summed E-state index contributed by atoms with van der Waals surface area (Å²) in [6, 6.07) is 9.45. The molecule has 0 saturated heterocycles. The van der Waals surface area contributed by atoms with Crippen molar-refractivity contribution in [1.82, 2.24) is 15.3 Å². The SMILES string of the molecule is Nc1nc(Cl)ncc1C=CCNC(=O)OCc1ccccc1. The molecular formula is C15H15ClN4O2. The van der Waals surface area contributed by atoms with Crippen LogP contribution in [-0.4, -0.2) is 22.6 Å². The number of rotatable bonds is 5. The molecule has 3 N–H and O–H groups in total. The topological polar surface area (TPSA) is 90.1 Å². The van der Waals surface area contributed by atoms with E-state index in [-0.39, 0.29) is 17.7 Å². The molecule has 1 amide bonds. The number of alkyl carbamates (subject to hydrolysis) is 1. The zero-order valence-corrected chi connectivity index (χ0v) is 12.5. The fourth-order valence-corrected chi connectivity index (χ4v) is 1.75. The van der Waals surface area contributed by atoms with Crippen molar-refractivity contribution in [2.45, 2.75) is 6.61 Å². The number of amides is 1. The van der Waals surface area contributed by atoms with Gasteiger partial charge in [0.1, 0.15) is 12.4 Å². The van der Waals surface area contributed by atoms with E-state index in [9.17, 15) is 4.79 Å². The van der Waals surface area contributed by atoms with Crippen LogP contribution in [0.4, 0.5) is 10.6 Å². The van der Waals surface area contributed by atoms with Gasteiger partial charge in [-0.05, 0) is 17.2 Å². The zero-order valence-electron chi connectivity index (χ0n) is 11.7. The summed E-state index contributed by atoms with van der Waals surface area (Å²) in [5, 5.41) is 2.69. The van der Waals surface area contributed by atoms with Crippen molar-refractivity contribution in [3.63, 3.8) is 0 Å². The number of hydrogen-bond acceptors (Lipinski definition) is 5. The molecule has 6 nitrogen and oxygen atoms in total. The first-order valence-electron chi connectivity index (χ1n) is 6.54. The Morgan fingerprint density at radius 3 is 2.86 bits per heavy atom. The van der Waals surface area contributed by atoms with E-state index in [2.05, 4.69) is 15.3 Å². The Kier molecular flexibility index (Phi) is 5.73. The third-order valence-corrected chi connectivity index (χ3v) is 2.88. The van der Waals surface area contributed by atoms with Crippen molar-refractivity contribution in [2.75, 3.05) is 12.3 Å². The average molecular weight is 319 g/mol. The smallest absolute Gasteiger partial charge is 0.407 e. The van der Waals surface area contributed by atoms with E-state index < -0.39 is 6.09 Å². The summed E-state index contributed by atoms with van der Waals surface area (Å²) in [6.45, 7) is 0.532. The molecule has 22 heavy (non-hydrogen) atoms. The molecule has 1 heterocycles. The molecule has 0 fully saturated rings. The Bertz CT molecular complexity index is 662. The summed E-state index contributed by atoms with van der Waals surface area (Å²) in [5.74, 6) is 0.280. The molecule has 0 atom stereocenters. The number of nitrogens with one attached hydrogen (secondary N) is 1. The van der Waals surface area contributed by atoms with Crippen LogP contribution in [0.5, 0.6) is 0 Å². The Labute approximate surface area is 133 Å². The van der Waals surface area contributed by atoms with Crippen LogP contribution in [0.25, 0.3) is 6.08 Å².